The summed E-state index contributed by atoms with van der Waals surface area (Å²) in [6.07, 6.45) is 3.60. The fourth-order valence-electron chi connectivity index (χ4n) is 2.25. The number of nitrogens with one attached hydrogen (secondary N) is 1. The lowest BCUT2D eigenvalue weighted by molar-refractivity contribution is 1.03. The van der Waals surface area contributed by atoms with Crippen molar-refractivity contribution in [2.45, 2.75) is 33.2 Å². The average Bonchev–Trinajstić information content (AvgIpc) is 2.54. The van der Waals surface area contributed by atoms with E-state index in [-0.39, 0.29) is 24.0 Å². The Balaban J connectivity index is 0.00000264. The predicted molar refractivity (Wildman–Crippen MR) is 109 cm³/mol. The first-order chi connectivity index (χ1) is 10.6. The maximum absolute atomic E-state index is 6.02. The molecule has 0 amide bonds. The molecule has 0 aliphatic carbocycles. The summed E-state index contributed by atoms with van der Waals surface area (Å²) in [7, 11) is 0. The number of benzene rings is 1. The van der Waals surface area contributed by atoms with Crippen molar-refractivity contribution >= 4 is 47.2 Å². The van der Waals surface area contributed by atoms with Crippen LogP contribution in [0.2, 0.25) is 5.15 Å². The summed E-state index contributed by atoms with van der Waals surface area (Å²) in [6, 6.07) is 9.94. The number of halogens is 2. The van der Waals surface area contributed by atoms with Crippen molar-refractivity contribution in [1.82, 2.24) is 4.98 Å². The molecule has 23 heavy (non-hydrogen) atoms. The number of rotatable bonds is 5. The lowest BCUT2D eigenvalue weighted by Gasteiger charge is -2.14. The molecular formula is C17H22ClIN4. The number of guanidine groups is 1. The molecular weight excluding hydrogens is 423 g/mol. The third-order valence-corrected chi connectivity index (χ3v) is 3.70. The number of para-hydroxylation sites is 1. The standard InChI is InChI=1S/C17H21ClN4.HI/c1-3-13-6-5-7-14(4-2)16(13)22-17(19)21-11-12-8-9-15(18)20-10-12;/h5-10H,3-4,11H2,1-2H3,(H3,19,21,22);1H. The lowest BCUT2D eigenvalue weighted by atomic mass is 10.0. The van der Waals surface area contributed by atoms with Gasteiger partial charge < -0.3 is 11.1 Å². The summed E-state index contributed by atoms with van der Waals surface area (Å²) in [5, 5.41) is 3.72. The fraction of sp³-hybridized carbons (Fsp3) is 0.294. The molecule has 3 N–H and O–H groups in total. The summed E-state index contributed by atoms with van der Waals surface area (Å²) in [5.74, 6) is 0.408. The summed E-state index contributed by atoms with van der Waals surface area (Å²) >= 11 is 5.76. The monoisotopic (exact) mass is 444 g/mol. The Kier molecular flexibility index (Phi) is 8.33. The van der Waals surface area contributed by atoms with E-state index >= 15 is 0 Å². The van der Waals surface area contributed by atoms with Crippen LogP contribution in [0.1, 0.15) is 30.5 Å². The number of pyridine rings is 1. The van der Waals surface area contributed by atoms with E-state index in [1.165, 1.54) is 11.1 Å². The third kappa shape index (κ3) is 5.66. The van der Waals surface area contributed by atoms with E-state index in [0.29, 0.717) is 17.7 Å². The van der Waals surface area contributed by atoms with Crippen LogP contribution in [-0.2, 0) is 19.4 Å². The summed E-state index contributed by atoms with van der Waals surface area (Å²) in [6.45, 7) is 4.73. The largest absolute Gasteiger partial charge is 0.370 e. The van der Waals surface area contributed by atoms with Gasteiger partial charge in [-0.25, -0.2) is 9.98 Å². The number of aliphatic imine (C=N–C) groups is 1. The van der Waals surface area contributed by atoms with Crippen LogP contribution in [0, 0.1) is 0 Å². The SMILES string of the molecule is CCc1cccc(CC)c1NC(N)=NCc1ccc(Cl)nc1.I. The van der Waals surface area contributed by atoms with Crippen LogP contribution in [-0.4, -0.2) is 10.9 Å². The second-order valence-electron chi connectivity index (χ2n) is 4.97. The van der Waals surface area contributed by atoms with Crippen LogP contribution >= 0.6 is 35.6 Å². The first-order valence-corrected chi connectivity index (χ1v) is 7.80. The van der Waals surface area contributed by atoms with Gasteiger partial charge in [0.15, 0.2) is 5.96 Å². The van der Waals surface area contributed by atoms with Crippen molar-refractivity contribution in [3.63, 3.8) is 0 Å². The Morgan fingerprint density at radius 3 is 2.35 bits per heavy atom. The molecule has 6 heteroatoms. The smallest absolute Gasteiger partial charge is 0.193 e. The van der Waals surface area contributed by atoms with Crippen LogP contribution in [0.5, 0.6) is 0 Å². The van der Waals surface area contributed by atoms with E-state index in [2.05, 4.69) is 47.3 Å². The number of anilines is 1. The van der Waals surface area contributed by atoms with Gasteiger partial charge in [0, 0.05) is 11.9 Å². The van der Waals surface area contributed by atoms with Crippen LogP contribution in [0.25, 0.3) is 0 Å². The number of hydrogen-bond acceptors (Lipinski definition) is 2. The van der Waals surface area contributed by atoms with Gasteiger partial charge in [-0.05, 0) is 35.6 Å². The molecule has 1 aromatic carbocycles. The zero-order chi connectivity index (χ0) is 15.9. The molecule has 0 bridgehead atoms. The van der Waals surface area contributed by atoms with Crippen molar-refractivity contribution < 1.29 is 0 Å². The molecule has 0 fully saturated rings. The van der Waals surface area contributed by atoms with E-state index in [9.17, 15) is 0 Å². The molecule has 0 unspecified atom stereocenters. The van der Waals surface area contributed by atoms with Crippen molar-refractivity contribution in [2.24, 2.45) is 10.7 Å². The highest BCUT2D eigenvalue weighted by Crippen LogP contribution is 2.22. The molecule has 0 spiro atoms. The highest BCUT2D eigenvalue weighted by Gasteiger charge is 2.07. The molecule has 0 aliphatic rings. The van der Waals surface area contributed by atoms with Crippen LogP contribution in [0.3, 0.4) is 0 Å². The Hall–Kier alpha value is -1.34. The topological polar surface area (TPSA) is 63.3 Å². The first kappa shape index (κ1) is 19.7. The number of hydrogen-bond donors (Lipinski definition) is 2. The molecule has 0 radical (unpaired) electrons. The Bertz CT molecular complexity index is 634. The van der Waals surface area contributed by atoms with Crippen LogP contribution in [0.4, 0.5) is 5.69 Å². The number of aryl methyl sites for hydroxylation is 2. The Labute approximate surface area is 159 Å². The molecule has 0 atom stereocenters. The summed E-state index contributed by atoms with van der Waals surface area (Å²) in [4.78, 5) is 8.40. The zero-order valence-electron chi connectivity index (χ0n) is 13.3. The van der Waals surface area contributed by atoms with E-state index in [1.807, 2.05) is 6.07 Å². The minimum Gasteiger partial charge on any atom is -0.370 e. The molecule has 2 aromatic rings. The fourth-order valence-corrected chi connectivity index (χ4v) is 2.36. The predicted octanol–water partition coefficient (Wildman–Crippen LogP) is 4.40. The quantitative estimate of drug-likeness (QED) is 0.311. The zero-order valence-corrected chi connectivity index (χ0v) is 16.4. The Morgan fingerprint density at radius 2 is 1.83 bits per heavy atom. The van der Waals surface area contributed by atoms with Gasteiger partial charge in [0.05, 0.1) is 6.54 Å². The van der Waals surface area contributed by atoms with E-state index in [1.54, 1.807) is 12.3 Å². The van der Waals surface area contributed by atoms with Crippen molar-refractivity contribution in [1.29, 1.82) is 0 Å². The Morgan fingerprint density at radius 1 is 1.17 bits per heavy atom. The highest BCUT2D eigenvalue weighted by molar-refractivity contribution is 14.0. The van der Waals surface area contributed by atoms with Crippen molar-refractivity contribution in [3.05, 3.63) is 58.4 Å². The van der Waals surface area contributed by atoms with Gasteiger partial charge in [0.2, 0.25) is 0 Å². The highest BCUT2D eigenvalue weighted by atomic mass is 127. The molecule has 2 rings (SSSR count). The molecule has 1 aromatic heterocycles. The van der Waals surface area contributed by atoms with Gasteiger partial charge >= 0.3 is 0 Å². The van der Waals surface area contributed by atoms with Gasteiger partial charge in [-0.1, -0.05) is 49.7 Å². The summed E-state index contributed by atoms with van der Waals surface area (Å²) in [5.41, 5.74) is 10.5. The number of nitrogens with zero attached hydrogens (tertiary/aromatic N) is 2. The summed E-state index contributed by atoms with van der Waals surface area (Å²) < 4.78 is 0. The van der Waals surface area contributed by atoms with Crippen LogP contribution < -0.4 is 11.1 Å². The average molecular weight is 445 g/mol. The van der Waals surface area contributed by atoms with Gasteiger partial charge in [0.25, 0.3) is 0 Å². The minimum atomic E-state index is 0. The molecule has 1 heterocycles. The number of nitrogens with two attached hydrogens (primary N) is 1. The van der Waals surface area contributed by atoms with Crippen molar-refractivity contribution in [3.8, 4) is 0 Å². The molecule has 0 aliphatic heterocycles. The van der Waals surface area contributed by atoms with Crippen molar-refractivity contribution in [2.75, 3.05) is 5.32 Å². The second-order valence-corrected chi connectivity index (χ2v) is 5.36. The van der Waals surface area contributed by atoms with E-state index in [4.69, 9.17) is 17.3 Å². The maximum atomic E-state index is 6.02. The minimum absolute atomic E-state index is 0. The molecule has 0 saturated heterocycles. The normalized spacial score (nSPS) is 11.0. The maximum Gasteiger partial charge on any atom is 0.193 e. The molecule has 4 nitrogen and oxygen atoms in total. The van der Waals surface area contributed by atoms with Crippen LogP contribution in [0.15, 0.2) is 41.5 Å². The second kappa shape index (κ2) is 9.72. The first-order valence-electron chi connectivity index (χ1n) is 7.42. The van der Waals surface area contributed by atoms with E-state index in [0.717, 1.165) is 24.1 Å². The van der Waals surface area contributed by atoms with Gasteiger partial charge in [-0.3, -0.25) is 0 Å². The third-order valence-electron chi connectivity index (χ3n) is 3.47. The van der Waals surface area contributed by atoms with Gasteiger partial charge in [-0.15, -0.1) is 24.0 Å². The molecule has 0 saturated carbocycles. The van der Waals surface area contributed by atoms with Gasteiger partial charge in [-0.2, -0.15) is 0 Å². The van der Waals surface area contributed by atoms with Gasteiger partial charge in [0.1, 0.15) is 5.15 Å². The lowest BCUT2D eigenvalue weighted by Crippen LogP contribution is -2.24. The number of aromatic nitrogens is 1. The molecule has 124 valence electrons. The van der Waals surface area contributed by atoms with E-state index < -0.39 is 0 Å².